The van der Waals surface area contributed by atoms with E-state index in [2.05, 4.69) is 26.9 Å². The van der Waals surface area contributed by atoms with Gasteiger partial charge in [0.1, 0.15) is 12.7 Å². The van der Waals surface area contributed by atoms with Crippen LogP contribution in [0.15, 0.2) is 46.6 Å². The van der Waals surface area contributed by atoms with Crippen molar-refractivity contribution in [2.75, 3.05) is 13.2 Å². The molecule has 152 valence electrons. The van der Waals surface area contributed by atoms with E-state index < -0.39 is 0 Å². The molecule has 28 heavy (non-hydrogen) atoms. The molecule has 0 bridgehead atoms. The molecule has 2 aromatic rings. The largest absolute Gasteiger partial charge is 0.478 e. The highest BCUT2D eigenvalue weighted by Crippen LogP contribution is 2.14. The van der Waals surface area contributed by atoms with Gasteiger partial charge in [0.2, 0.25) is 11.8 Å². The van der Waals surface area contributed by atoms with E-state index in [4.69, 9.17) is 19.9 Å². The Morgan fingerprint density at radius 2 is 1.43 bits per heavy atom. The molecule has 0 unspecified atom stereocenters. The lowest BCUT2D eigenvalue weighted by Crippen LogP contribution is -2.01. The molecule has 0 atom stereocenters. The van der Waals surface area contributed by atoms with Crippen LogP contribution in [0.25, 0.3) is 0 Å². The fourth-order valence-electron chi connectivity index (χ4n) is 1.74. The van der Waals surface area contributed by atoms with Crippen LogP contribution in [0.1, 0.15) is 26.7 Å². The number of pyridine rings is 2. The standard InChI is InChI=1S/C10H15N3O2.C8H11N3O2/c1-2-3-6-15-10-5-4-9(7-11-10)12-8-13-14;1-2-13-8-4-3-7(5-9-8)10-6-11-12/h4-5,7-8,14H,2-3,6H2,1H3,(H,12,13);3-6,12H,2H2,1H3,(H,10,11). The zero-order valence-corrected chi connectivity index (χ0v) is 15.9. The summed E-state index contributed by atoms with van der Waals surface area (Å²) < 4.78 is 10.5. The molecule has 0 amide bonds. The third-order valence-electron chi connectivity index (χ3n) is 3.02. The van der Waals surface area contributed by atoms with E-state index in [0.717, 1.165) is 19.2 Å². The van der Waals surface area contributed by atoms with Crippen molar-refractivity contribution >= 4 is 24.1 Å². The highest BCUT2D eigenvalue weighted by Gasteiger charge is 1.95. The maximum atomic E-state index is 8.28. The lowest BCUT2D eigenvalue weighted by atomic mass is 10.4. The number of rotatable bonds is 10. The first-order chi connectivity index (χ1) is 13.7. The van der Waals surface area contributed by atoms with Crippen LogP contribution in [0.3, 0.4) is 0 Å². The highest BCUT2D eigenvalue weighted by atomic mass is 16.5. The molecule has 0 saturated heterocycles. The van der Waals surface area contributed by atoms with E-state index in [0.29, 0.717) is 36.3 Å². The van der Waals surface area contributed by atoms with Gasteiger partial charge in [-0.3, -0.25) is 21.4 Å². The first kappa shape index (κ1) is 22.8. The Hall–Kier alpha value is -3.24. The van der Waals surface area contributed by atoms with Crippen molar-refractivity contribution in [3.63, 3.8) is 0 Å². The molecule has 0 aliphatic carbocycles. The number of aromatic nitrogens is 2. The molecular formula is C18H26N6O4. The molecule has 10 nitrogen and oxygen atoms in total. The normalized spacial score (nSPS) is 10.4. The number of aliphatic imine (C=N–C) groups is 2. The maximum Gasteiger partial charge on any atom is 0.213 e. The Kier molecular flexibility index (Phi) is 12.1. The van der Waals surface area contributed by atoms with E-state index in [-0.39, 0.29) is 0 Å². The van der Waals surface area contributed by atoms with Gasteiger partial charge in [-0.2, -0.15) is 0 Å². The molecule has 0 spiro atoms. The SMILES string of the molecule is CCCCOc1ccc(N=CNO)cn1.CCOc1ccc(N=CNO)cn1. The van der Waals surface area contributed by atoms with Crippen LogP contribution in [-0.2, 0) is 0 Å². The van der Waals surface area contributed by atoms with Crippen LogP contribution in [0.4, 0.5) is 11.4 Å². The molecule has 0 saturated carbocycles. The fourth-order valence-corrected chi connectivity index (χ4v) is 1.74. The van der Waals surface area contributed by atoms with Crippen molar-refractivity contribution in [1.82, 2.24) is 20.9 Å². The van der Waals surface area contributed by atoms with Crippen LogP contribution in [-0.4, -0.2) is 46.3 Å². The Morgan fingerprint density at radius 1 is 0.893 bits per heavy atom. The molecule has 0 fully saturated rings. The zero-order valence-electron chi connectivity index (χ0n) is 15.9. The Morgan fingerprint density at radius 3 is 1.82 bits per heavy atom. The summed E-state index contributed by atoms with van der Waals surface area (Å²) in [6.07, 6.45) is 7.60. The van der Waals surface area contributed by atoms with E-state index in [1.54, 1.807) is 42.1 Å². The van der Waals surface area contributed by atoms with E-state index in [9.17, 15) is 0 Å². The van der Waals surface area contributed by atoms with Crippen molar-refractivity contribution < 1.29 is 19.9 Å². The molecular weight excluding hydrogens is 364 g/mol. The summed E-state index contributed by atoms with van der Waals surface area (Å²) in [6.45, 7) is 5.28. The fraction of sp³-hybridized carbons (Fsp3) is 0.333. The quantitative estimate of drug-likeness (QED) is 0.210. The lowest BCUT2D eigenvalue weighted by molar-refractivity contribution is 0.239. The molecule has 2 heterocycles. The van der Waals surface area contributed by atoms with Gasteiger partial charge in [0, 0.05) is 12.1 Å². The van der Waals surface area contributed by atoms with Gasteiger partial charge in [-0.15, -0.1) is 0 Å². The predicted octanol–water partition coefficient (Wildman–Crippen LogP) is 3.02. The number of unbranched alkanes of at least 4 members (excludes halogenated alkanes) is 1. The summed E-state index contributed by atoms with van der Waals surface area (Å²) in [6, 6.07) is 6.97. The van der Waals surface area contributed by atoms with Crippen LogP contribution >= 0.6 is 0 Å². The molecule has 4 N–H and O–H groups in total. The molecule has 0 radical (unpaired) electrons. The monoisotopic (exact) mass is 390 g/mol. The molecule has 0 aromatic carbocycles. The lowest BCUT2D eigenvalue weighted by Gasteiger charge is -2.03. The molecule has 2 aromatic heterocycles. The summed E-state index contributed by atoms with van der Waals surface area (Å²) >= 11 is 0. The number of hydrogen-bond acceptors (Lipinski definition) is 8. The Balaban J connectivity index is 0.000000283. The highest BCUT2D eigenvalue weighted by molar-refractivity contribution is 5.59. The van der Waals surface area contributed by atoms with Gasteiger partial charge in [0.05, 0.1) is 37.0 Å². The second-order valence-electron chi connectivity index (χ2n) is 5.12. The smallest absolute Gasteiger partial charge is 0.213 e. The van der Waals surface area contributed by atoms with E-state index >= 15 is 0 Å². The minimum absolute atomic E-state index is 0.568. The zero-order chi connectivity index (χ0) is 20.5. The predicted molar refractivity (Wildman–Crippen MR) is 106 cm³/mol. The van der Waals surface area contributed by atoms with Gasteiger partial charge < -0.3 is 9.47 Å². The summed E-state index contributed by atoms with van der Waals surface area (Å²) in [5.41, 5.74) is 4.92. The minimum atomic E-state index is 0.568. The van der Waals surface area contributed by atoms with Gasteiger partial charge >= 0.3 is 0 Å². The third-order valence-corrected chi connectivity index (χ3v) is 3.02. The summed E-state index contributed by atoms with van der Waals surface area (Å²) in [4.78, 5) is 15.7. The van der Waals surface area contributed by atoms with Crippen molar-refractivity contribution in [3.05, 3.63) is 36.7 Å². The van der Waals surface area contributed by atoms with Crippen molar-refractivity contribution in [1.29, 1.82) is 0 Å². The summed E-state index contributed by atoms with van der Waals surface area (Å²) in [5, 5.41) is 16.5. The second kappa shape index (κ2) is 14.9. The Bertz CT molecular complexity index is 692. The first-order valence-electron chi connectivity index (χ1n) is 8.75. The number of ether oxygens (including phenoxy) is 2. The topological polar surface area (TPSA) is 133 Å². The van der Waals surface area contributed by atoms with Crippen LogP contribution in [0, 0.1) is 0 Å². The first-order valence-corrected chi connectivity index (χ1v) is 8.75. The maximum absolute atomic E-state index is 8.28. The third kappa shape index (κ3) is 10.0. The number of hydroxylamine groups is 2. The molecule has 10 heteroatoms. The molecule has 0 aliphatic heterocycles. The Labute approximate surface area is 163 Å². The van der Waals surface area contributed by atoms with Crippen LogP contribution in [0.5, 0.6) is 11.8 Å². The van der Waals surface area contributed by atoms with Gasteiger partial charge in [0.25, 0.3) is 0 Å². The molecule has 0 aliphatic rings. The minimum Gasteiger partial charge on any atom is -0.478 e. The van der Waals surface area contributed by atoms with Gasteiger partial charge in [-0.25, -0.2) is 20.0 Å². The molecule has 2 rings (SSSR count). The van der Waals surface area contributed by atoms with Gasteiger partial charge in [-0.05, 0) is 25.5 Å². The summed E-state index contributed by atoms with van der Waals surface area (Å²) in [7, 11) is 0. The van der Waals surface area contributed by atoms with E-state index in [1.807, 2.05) is 12.4 Å². The van der Waals surface area contributed by atoms with Crippen molar-refractivity contribution in [2.24, 2.45) is 9.98 Å². The van der Waals surface area contributed by atoms with Crippen LogP contribution < -0.4 is 20.4 Å². The average Bonchev–Trinajstić information content (AvgIpc) is 2.73. The van der Waals surface area contributed by atoms with E-state index in [1.165, 1.54) is 6.34 Å². The second-order valence-corrected chi connectivity index (χ2v) is 5.12. The number of nitrogens with zero attached hydrogens (tertiary/aromatic N) is 4. The van der Waals surface area contributed by atoms with Gasteiger partial charge in [0.15, 0.2) is 0 Å². The van der Waals surface area contributed by atoms with Crippen LogP contribution in [0.2, 0.25) is 0 Å². The van der Waals surface area contributed by atoms with Gasteiger partial charge in [-0.1, -0.05) is 13.3 Å². The number of nitrogens with one attached hydrogen (secondary N) is 2. The number of hydrogen-bond donors (Lipinski definition) is 4. The van der Waals surface area contributed by atoms with Crippen molar-refractivity contribution in [3.8, 4) is 11.8 Å². The average molecular weight is 390 g/mol. The summed E-state index contributed by atoms with van der Waals surface area (Å²) in [5.74, 6) is 1.16. The van der Waals surface area contributed by atoms with Crippen molar-refractivity contribution in [2.45, 2.75) is 26.7 Å².